The molecule has 0 radical (unpaired) electrons. The van der Waals surface area contributed by atoms with E-state index in [-0.39, 0.29) is 43.9 Å². The molecule has 0 saturated heterocycles. The summed E-state index contributed by atoms with van der Waals surface area (Å²) in [6.07, 6.45) is 2.59. The Hall–Kier alpha value is -4.62. The Morgan fingerprint density at radius 2 is 1.25 bits per heavy atom. The number of nitrogens with zero attached hydrogens (tertiary/aromatic N) is 1. The van der Waals surface area contributed by atoms with Gasteiger partial charge in [0.05, 0.1) is 18.5 Å². The minimum absolute atomic E-state index is 0.0158. The van der Waals surface area contributed by atoms with Crippen molar-refractivity contribution >= 4 is 41.4 Å². The second-order valence-electron chi connectivity index (χ2n) is 13.8. The summed E-state index contributed by atoms with van der Waals surface area (Å²) < 4.78 is 0. The molecular formula is C33H59N11O8. The number of aromatic nitrogens is 2. The maximum atomic E-state index is 13.8. The lowest BCUT2D eigenvalue weighted by molar-refractivity contribution is -0.136. The smallest absolute Gasteiger partial charge is 0.243 e. The monoisotopic (exact) mass is 737 g/mol. The van der Waals surface area contributed by atoms with Crippen molar-refractivity contribution in [3.8, 4) is 0 Å². The number of carbonyl (C=O) groups excluding carboxylic acids is 7. The van der Waals surface area contributed by atoms with Gasteiger partial charge in [0.2, 0.25) is 41.4 Å². The van der Waals surface area contributed by atoms with E-state index in [9.17, 15) is 38.7 Å². The van der Waals surface area contributed by atoms with Crippen LogP contribution in [-0.2, 0) is 40.0 Å². The Kier molecular flexibility index (Phi) is 20.1. The molecule has 7 amide bonds. The zero-order valence-corrected chi connectivity index (χ0v) is 30.8. The highest BCUT2D eigenvalue weighted by Gasteiger charge is 2.34. The normalized spacial score (nSPS) is 15.3. The highest BCUT2D eigenvalue weighted by atomic mass is 16.3. The van der Waals surface area contributed by atoms with Crippen LogP contribution in [0.3, 0.4) is 0 Å². The number of nitrogens with two attached hydrogens (primary N) is 4. The summed E-state index contributed by atoms with van der Waals surface area (Å²) in [6, 6.07) is -7.29. The van der Waals surface area contributed by atoms with Crippen molar-refractivity contribution in [2.75, 3.05) is 6.54 Å². The first kappa shape index (κ1) is 45.4. The number of carbonyl (C=O) groups is 7. The van der Waals surface area contributed by atoms with E-state index < -0.39 is 83.7 Å². The lowest BCUT2D eigenvalue weighted by Gasteiger charge is -2.28. The van der Waals surface area contributed by atoms with Crippen LogP contribution in [0.4, 0.5) is 0 Å². The number of primary amides is 2. The average molecular weight is 738 g/mol. The number of rotatable bonds is 25. The molecule has 294 valence electrons. The number of aliphatic hydroxyl groups is 1. The van der Waals surface area contributed by atoms with E-state index in [2.05, 4.69) is 36.6 Å². The molecule has 0 spiro atoms. The molecule has 0 aliphatic carbocycles. The van der Waals surface area contributed by atoms with Crippen molar-refractivity contribution < 1.29 is 38.7 Å². The molecule has 52 heavy (non-hydrogen) atoms. The van der Waals surface area contributed by atoms with Gasteiger partial charge in [-0.25, -0.2) is 4.98 Å². The van der Waals surface area contributed by atoms with E-state index in [4.69, 9.17) is 22.9 Å². The van der Waals surface area contributed by atoms with Crippen LogP contribution in [0.25, 0.3) is 0 Å². The maximum Gasteiger partial charge on any atom is 0.243 e. The molecule has 1 rings (SSSR count). The Balaban J connectivity index is 3.31. The summed E-state index contributed by atoms with van der Waals surface area (Å²) in [5, 5.41) is 22.7. The van der Waals surface area contributed by atoms with Gasteiger partial charge < -0.3 is 59.6 Å². The topological polar surface area (TPSA) is 333 Å². The number of imidazole rings is 1. The van der Waals surface area contributed by atoms with Crippen LogP contribution >= 0.6 is 0 Å². The Labute approximate surface area is 304 Å². The van der Waals surface area contributed by atoms with E-state index in [1.54, 1.807) is 13.8 Å². The van der Waals surface area contributed by atoms with Crippen LogP contribution in [0.1, 0.15) is 85.3 Å². The van der Waals surface area contributed by atoms with Crippen LogP contribution in [0.15, 0.2) is 12.5 Å². The van der Waals surface area contributed by atoms with Gasteiger partial charge in [-0.3, -0.25) is 33.6 Å². The van der Waals surface area contributed by atoms with Gasteiger partial charge in [0.15, 0.2) is 0 Å². The second-order valence-corrected chi connectivity index (χ2v) is 13.8. The fourth-order valence-corrected chi connectivity index (χ4v) is 5.24. The molecule has 19 heteroatoms. The predicted octanol–water partition coefficient (Wildman–Crippen LogP) is -2.94. The lowest BCUT2D eigenvalue weighted by atomic mass is 10.00. The SMILES string of the molecule is CC(C)C[C@H](NC(=O)[C@H](CCCCN)NC(=O)[C@H](Cc1cnc[nH]1)NC(=O)[C@@H](N)CC(C)C)C(=O)N[C@@H](CCC(N)=O)C(=O)N[C@H](C(N)=O)[C@@H](C)O. The van der Waals surface area contributed by atoms with Gasteiger partial charge in [-0.2, -0.15) is 0 Å². The highest BCUT2D eigenvalue weighted by Crippen LogP contribution is 2.11. The van der Waals surface area contributed by atoms with Crippen molar-refractivity contribution in [2.24, 2.45) is 34.8 Å². The minimum Gasteiger partial charge on any atom is -0.391 e. The van der Waals surface area contributed by atoms with Gasteiger partial charge in [0.25, 0.3) is 0 Å². The van der Waals surface area contributed by atoms with E-state index in [1.165, 1.54) is 19.4 Å². The summed E-state index contributed by atoms with van der Waals surface area (Å²) in [6.45, 7) is 8.99. The van der Waals surface area contributed by atoms with Crippen LogP contribution in [0, 0.1) is 11.8 Å². The molecular weight excluding hydrogens is 678 g/mol. The van der Waals surface area contributed by atoms with Crippen LogP contribution < -0.4 is 49.5 Å². The number of amides is 7. The fraction of sp³-hybridized carbons (Fsp3) is 0.697. The molecule has 1 heterocycles. The van der Waals surface area contributed by atoms with Crippen LogP contribution in [-0.4, -0.2) is 105 Å². The Bertz CT molecular complexity index is 1320. The molecule has 0 fully saturated rings. The van der Waals surface area contributed by atoms with Gasteiger partial charge in [0, 0.05) is 24.7 Å². The van der Waals surface area contributed by atoms with Gasteiger partial charge in [-0.15, -0.1) is 0 Å². The summed E-state index contributed by atoms with van der Waals surface area (Å²) >= 11 is 0. The number of aliphatic hydroxyl groups excluding tert-OH is 1. The number of unbranched alkanes of at least 4 members (excludes halogenated alkanes) is 1. The molecule has 0 saturated carbocycles. The number of hydrogen-bond donors (Lipinski definition) is 11. The zero-order valence-electron chi connectivity index (χ0n) is 30.8. The quantitative estimate of drug-likeness (QED) is 0.0451. The first-order valence-electron chi connectivity index (χ1n) is 17.6. The highest BCUT2D eigenvalue weighted by molar-refractivity contribution is 5.96. The summed E-state index contributed by atoms with van der Waals surface area (Å²) in [5.74, 6) is -5.46. The third kappa shape index (κ3) is 17.1. The second kappa shape index (κ2) is 23.0. The third-order valence-corrected chi connectivity index (χ3v) is 7.99. The van der Waals surface area contributed by atoms with Crippen molar-refractivity contribution in [3.05, 3.63) is 18.2 Å². The van der Waals surface area contributed by atoms with Crippen molar-refractivity contribution in [3.63, 3.8) is 0 Å². The molecule has 19 nitrogen and oxygen atoms in total. The summed E-state index contributed by atoms with van der Waals surface area (Å²) in [7, 11) is 0. The van der Waals surface area contributed by atoms with Crippen LogP contribution in [0.2, 0.25) is 0 Å². The van der Waals surface area contributed by atoms with Gasteiger partial charge in [0.1, 0.15) is 30.2 Å². The minimum atomic E-state index is -1.49. The van der Waals surface area contributed by atoms with E-state index in [0.29, 0.717) is 31.5 Å². The summed E-state index contributed by atoms with van der Waals surface area (Å²) in [4.78, 5) is 97.4. The van der Waals surface area contributed by atoms with E-state index in [0.717, 1.165) is 0 Å². The molecule has 7 atom stereocenters. The predicted molar refractivity (Wildman–Crippen MR) is 191 cm³/mol. The fourth-order valence-electron chi connectivity index (χ4n) is 5.24. The standard InChI is InChI=1S/C33H59N11O8/c1-17(2)12-21(35)29(48)42-25(14-20-15-38-16-39-20)33(52)40-22(8-6-7-11-34)30(49)43-24(13-18(3)4)32(51)41-23(9-10-26(36)46)31(50)44-27(19(5)45)28(37)47/h15-19,21-25,27,45H,6-14,34-35H2,1-5H3,(H2,36,46)(H2,37,47)(H,38,39)(H,40,52)(H,41,51)(H,42,48)(H,43,49)(H,44,50)/t19-,21+,22+,23+,24+,25+,27+/m1/s1. The zero-order chi connectivity index (χ0) is 39.5. The van der Waals surface area contributed by atoms with E-state index in [1.807, 2.05) is 13.8 Å². The number of nitrogens with one attached hydrogen (secondary N) is 6. The molecule has 0 aliphatic rings. The van der Waals surface area contributed by atoms with Gasteiger partial charge in [-0.05, 0) is 63.8 Å². The number of aromatic amines is 1. The number of hydrogen-bond acceptors (Lipinski definition) is 11. The molecule has 1 aromatic rings. The Morgan fingerprint density at radius 3 is 1.75 bits per heavy atom. The summed E-state index contributed by atoms with van der Waals surface area (Å²) in [5.41, 5.74) is 22.9. The average Bonchev–Trinajstić information content (AvgIpc) is 3.56. The number of H-pyrrole nitrogens is 1. The van der Waals surface area contributed by atoms with E-state index >= 15 is 0 Å². The lowest BCUT2D eigenvalue weighted by Crippen LogP contribution is -2.60. The molecule has 0 aliphatic heterocycles. The molecule has 15 N–H and O–H groups in total. The van der Waals surface area contributed by atoms with Crippen molar-refractivity contribution in [2.45, 2.75) is 128 Å². The van der Waals surface area contributed by atoms with Gasteiger partial charge in [-0.1, -0.05) is 27.7 Å². The first-order valence-corrected chi connectivity index (χ1v) is 17.6. The Morgan fingerprint density at radius 1 is 0.731 bits per heavy atom. The van der Waals surface area contributed by atoms with Crippen LogP contribution in [0.5, 0.6) is 0 Å². The molecule has 0 aromatic carbocycles. The molecule has 0 unspecified atom stereocenters. The first-order chi connectivity index (χ1) is 24.4. The van der Waals surface area contributed by atoms with Crippen molar-refractivity contribution in [1.29, 1.82) is 0 Å². The van der Waals surface area contributed by atoms with Gasteiger partial charge >= 0.3 is 0 Å². The largest absolute Gasteiger partial charge is 0.391 e. The molecule has 0 bridgehead atoms. The molecule has 1 aromatic heterocycles. The third-order valence-electron chi connectivity index (χ3n) is 7.99. The van der Waals surface area contributed by atoms with Crippen molar-refractivity contribution in [1.82, 2.24) is 36.6 Å². The maximum absolute atomic E-state index is 13.8.